The molecule has 0 fully saturated rings. The van der Waals surface area contributed by atoms with Crippen LogP contribution in [0.3, 0.4) is 0 Å². The van der Waals surface area contributed by atoms with E-state index in [-0.39, 0.29) is 16.2 Å². The normalized spacial score (nSPS) is 13.2. The second-order valence-electron chi connectivity index (χ2n) is 22.1. The maximum atomic E-state index is 2.54. The first-order chi connectivity index (χ1) is 34.3. The van der Waals surface area contributed by atoms with Gasteiger partial charge in [-0.15, -0.1) is 11.3 Å². The smallest absolute Gasteiger partial charge is 0.0540 e. The molecule has 0 atom stereocenters. The lowest BCUT2D eigenvalue weighted by atomic mass is 9.78. The lowest BCUT2D eigenvalue weighted by molar-refractivity contribution is 0.569. The molecule has 1 heterocycles. The van der Waals surface area contributed by atoms with E-state index in [1.165, 1.54) is 109 Å². The number of rotatable bonds is 7. The molecule has 346 valence electrons. The quantitative estimate of drug-likeness (QED) is 0.154. The fourth-order valence-electron chi connectivity index (χ4n) is 11.5. The lowest BCUT2D eigenvalue weighted by Gasteiger charge is -2.31. The van der Waals surface area contributed by atoms with Crippen LogP contribution in [0.2, 0.25) is 0 Å². The molecular formula is C69H59NS. The molecule has 11 aromatic rings. The van der Waals surface area contributed by atoms with Crippen molar-refractivity contribution in [2.45, 2.75) is 71.6 Å². The highest BCUT2D eigenvalue weighted by Gasteiger charge is 2.37. The van der Waals surface area contributed by atoms with Crippen molar-refractivity contribution < 1.29 is 0 Å². The minimum Gasteiger partial charge on any atom is -0.309 e. The number of nitrogens with zero attached hydrogens (tertiary/aromatic N) is 1. The van der Waals surface area contributed by atoms with Crippen molar-refractivity contribution >= 4 is 59.3 Å². The van der Waals surface area contributed by atoms with Crippen LogP contribution in [-0.4, -0.2) is 0 Å². The van der Waals surface area contributed by atoms with Gasteiger partial charge in [-0.3, -0.25) is 0 Å². The van der Waals surface area contributed by atoms with Crippen LogP contribution >= 0.6 is 11.3 Å². The number of thiophene rings is 1. The first-order valence-electron chi connectivity index (χ1n) is 25.2. The third-order valence-corrected chi connectivity index (χ3v) is 16.4. The van der Waals surface area contributed by atoms with E-state index in [1.54, 1.807) is 0 Å². The van der Waals surface area contributed by atoms with Crippen molar-refractivity contribution in [2.24, 2.45) is 0 Å². The summed E-state index contributed by atoms with van der Waals surface area (Å²) in [5.74, 6) is 0. The molecule has 1 aliphatic carbocycles. The Morgan fingerprint density at radius 2 is 0.915 bits per heavy atom. The van der Waals surface area contributed by atoms with Crippen LogP contribution in [0.5, 0.6) is 0 Å². The monoisotopic (exact) mass is 933 g/mol. The largest absolute Gasteiger partial charge is 0.309 e. The molecule has 0 amide bonds. The zero-order valence-corrected chi connectivity index (χ0v) is 42.9. The number of benzene rings is 10. The Bertz CT molecular complexity index is 3850. The topological polar surface area (TPSA) is 3.24 Å². The molecule has 2 heteroatoms. The summed E-state index contributed by atoms with van der Waals surface area (Å²) in [6.07, 6.45) is 0. The average Bonchev–Trinajstić information content (AvgIpc) is 3.88. The summed E-state index contributed by atoms with van der Waals surface area (Å²) < 4.78 is 2.60. The minimum absolute atomic E-state index is 0.0157. The highest BCUT2D eigenvalue weighted by molar-refractivity contribution is 7.26. The van der Waals surface area contributed by atoms with Gasteiger partial charge < -0.3 is 4.90 Å². The zero-order valence-electron chi connectivity index (χ0n) is 42.1. The molecular weight excluding hydrogens is 875 g/mol. The molecule has 0 saturated heterocycles. The van der Waals surface area contributed by atoms with E-state index in [9.17, 15) is 0 Å². The first-order valence-corrected chi connectivity index (χ1v) is 26.0. The van der Waals surface area contributed by atoms with E-state index in [4.69, 9.17) is 0 Å². The van der Waals surface area contributed by atoms with Crippen molar-refractivity contribution in [1.82, 2.24) is 0 Å². The van der Waals surface area contributed by atoms with Crippen LogP contribution in [-0.2, 0) is 16.2 Å². The molecule has 1 aromatic heterocycles. The third-order valence-electron chi connectivity index (χ3n) is 15.2. The van der Waals surface area contributed by atoms with Gasteiger partial charge in [-0.2, -0.15) is 0 Å². The Hall–Kier alpha value is -7.52. The number of hydrogen-bond acceptors (Lipinski definition) is 2. The average molecular weight is 934 g/mol. The standard InChI is InChI=1S/C69H59NS/c1-67(2,3)47-40-46(41-48(43-47)68(4,5)6)50-30-18-22-44-23-19-32-56(64(44)50)53-27-10-14-37-61(53)70(62-38-15-11-28-54(62)58-34-21-35-59-55-29-12-16-39-63(55)71-66(58)59)49-25-17-24-45(42-49)51-31-20-33-57-52-26-9-13-36-60(52)69(7,8)65(51)57/h9-43H,1-8H3. The zero-order chi connectivity index (χ0) is 48.8. The van der Waals surface area contributed by atoms with Gasteiger partial charge >= 0.3 is 0 Å². The molecule has 0 radical (unpaired) electrons. The van der Waals surface area contributed by atoms with Gasteiger partial charge in [-0.1, -0.05) is 237 Å². The second kappa shape index (κ2) is 16.8. The van der Waals surface area contributed by atoms with Gasteiger partial charge in [-0.05, 0) is 113 Å². The molecule has 0 unspecified atom stereocenters. The van der Waals surface area contributed by atoms with Gasteiger partial charge in [-0.25, -0.2) is 0 Å². The summed E-state index contributed by atoms with van der Waals surface area (Å²) in [7, 11) is 0. The molecule has 0 bridgehead atoms. The van der Waals surface area contributed by atoms with Gasteiger partial charge in [0.05, 0.1) is 11.4 Å². The summed E-state index contributed by atoms with van der Waals surface area (Å²) in [6.45, 7) is 18.8. The van der Waals surface area contributed by atoms with Gasteiger partial charge in [0.25, 0.3) is 0 Å². The van der Waals surface area contributed by atoms with Crippen LogP contribution in [0, 0.1) is 0 Å². The number of para-hydroxylation sites is 2. The Morgan fingerprint density at radius 3 is 1.63 bits per heavy atom. The fraction of sp³-hybridized carbons (Fsp3) is 0.159. The molecule has 1 nitrogen and oxygen atoms in total. The highest BCUT2D eigenvalue weighted by atomic mass is 32.1. The molecule has 0 N–H and O–H groups in total. The van der Waals surface area contributed by atoms with E-state index in [0.29, 0.717) is 0 Å². The number of fused-ring (bicyclic) bond motifs is 7. The van der Waals surface area contributed by atoms with Crippen LogP contribution in [0.25, 0.3) is 86.6 Å². The molecule has 0 aliphatic heterocycles. The van der Waals surface area contributed by atoms with E-state index < -0.39 is 0 Å². The third kappa shape index (κ3) is 7.51. The van der Waals surface area contributed by atoms with E-state index in [0.717, 1.165) is 17.1 Å². The van der Waals surface area contributed by atoms with Gasteiger partial charge in [0.1, 0.15) is 0 Å². The first kappa shape index (κ1) is 44.7. The number of anilines is 3. The van der Waals surface area contributed by atoms with Crippen molar-refractivity contribution in [3.05, 3.63) is 235 Å². The van der Waals surface area contributed by atoms with Crippen LogP contribution in [0.15, 0.2) is 212 Å². The van der Waals surface area contributed by atoms with Crippen molar-refractivity contribution in [3.63, 3.8) is 0 Å². The van der Waals surface area contributed by atoms with Gasteiger partial charge in [0.2, 0.25) is 0 Å². The predicted octanol–water partition coefficient (Wildman–Crippen LogP) is 20.2. The summed E-state index contributed by atoms with van der Waals surface area (Å²) in [5, 5.41) is 5.07. The highest BCUT2D eigenvalue weighted by Crippen LogP contribution is 2.54. The fourth-order valence-corrected chi connectivity index (χ4v) is 12.7. The van der Waals surface area contributed by atoms with Gasteiger partial charge in [0.15, 0.2) is 0 Å². The van der Waals surface area contributed by atoms with Crippen molar-refractivity contribution in [2.75, 3.05) is 4.90 Å². The molecule has 12 rings (SSSR count). The molecule has 0 saturated carbocycles. The Kier molecular flexibility index (Phi) is 10.6. The molecule has 1 aliphatic rings. The summed E-state index contributed by atoms with van der Waals surface area (Å²) in [6, 6.07) is 80.0. The Labute approximate surface area is 423 Å². The minimum atomic E-state index is -0.160. The summed E-state index contributed by atoms with van der Waals surface area (Å²) in [5.41, 5.74) is 21.1. The summed E-state index contributed by atoms with van der Waals surface area (Å²) >= 11 is 1.89. The van der Waals surface area contributed by atoms with Crippen LogP contribution < -0.4 is 4.90 Å². The second-order valence-corrected chi connectivity index (χ2v) is 23.2. The molecule has 10 aromatic carbocycles. The van der Waals surface area contributed by atoms with E-state index in [2.05, 4.69) is 273 Å². The van der Waals surface area contributed by atoms with Gasteiger partial charge in [0, 0.05) is 48.0 Å². The van der Waals surface area contributed by atoms with Crippen LogP contribution in [0.1, 0.15) is 77.6 Å². The molecule has 0 spiro atoms. The van der Waals surface area contributed by atoms with Crippen LogP contribution in [0.4, 0.5) is 17.1 Å². The van der Waals surface area contributed by atoms with Crippen molar-refractivity contribution in [1.29, 1.82) is 0 Å². The molecule has 71 heavy (non-hydrogen) atoms. The number of hydrogen-bond donors (Lipinski definition) is 0. The predicted molar refractivity (Wildman–Crippen MR) is 308 cm³/mol. The summed E-state index contributed by atoms with van der Waals surface area (Å²) in [4.78, 5) is 2.54. The van der Waals surface area contributed by atoms with E-state index in [1.807, 2.05) is 11.3 Å². The van der Waals surface area contributed by atoms with Crippen molar-refractivity contribution in [3.8, 4) is 55.6 Å². The SMILES string of the molecule is CC(C)(C)c1cc(-c2cccc3cccc(-c4ccccc4N(c4cccc(-c5cccc6c5C(C)(C)c5ccccc5-6)c4)c4ccccc4-c4cccc5c4sc4ccccc45)c23)cc(C(C)(C)C)c1. The Morgan fingerprint density at radius 1 is 0.394 bits per heavy atom. The maximum Gasteiger partial charge on any atom is 0.0540 e. The lowest BCUT2D eigenvalue weighted by Crippen LogP contribution is -2.16. The maximum absolute atomic E-state index is 2.54. The van der Waals surface area contributed by atoms with E-state index >= 15 is 0 Å². The Balaban J connectivity index is 1.12.